The molecule has 0 atom stereocenters. The Morgan fingerprint density at radius 3 is 2.80 bits per heavy atom. The third kappa shape index (κ3) is 1.39. The van der Waals surface area contributed by atoms with Gasteiger partial charge in [0, 0.05) is 6.07 Å². The number of hydrogen-bond acceptors (Lipinski definition) is 2. The summed E-state index contributed by atoms with van der Waals surface area (Å²) in [6.45, 7) is 0. The number of halogens is 1. The number of pyridine rings is 1. The molecule has 0 fully saturated rings. The molecule has 0 spiro atoms. The van der Waals surface area contributed by atoms with Gasteiger partial charge in [0.15, 0.2) is 5.82 Å². The first kappa shape index (κ1) is 7.34. The molecule has 0 aliphatic rings. The zero-order chi connectivity index (χ0) is 7.56. The van der Waals surface area contributed by atoms with Crippen LogP contribution in [-0.4, -0.2) is 12.1 Å². The smallest absolute Gasteiger partial charge is 0.215 e. The molecule has 52 valence electrons. The Morgan fingerprint density at radius 2 is 2.30 bits per heavy atom. The summed E-state index contributed by atoms with van der Waals surface area (Å²) >= 11 is 3.09. The van der Waals surface area contributed by atoms with Crippen molar-refractivity contribution in [2.75, 3.05) is 7.11 Å². The van der Waals surface area contributed by atoms with Crippen LogP contribution in [0.15, 0.2) is 16.6 Å². The molecule has 4 heteroatoms. The fraction of sp³-hybridized carbons (Fsp3) is 0.167. The van der Waals surface area contributed by atoms with E-state index >= 15 is 0 Å². The van der Waals surface area contributed by atoms with Crippen LogP contribution in [0, 0.1) is 0 Å². The van der Waals surface area contributed by atoms with E-state index in [1.165, 1.54) is 7.11 Å². The summed E-state index contributed by atoms with van der Waals surface area (Å²) in [4.78, 5) is 3.68. The molecule has 2 radical (unpaired) electrons. The summed E-state index contributed by atoms with van der Waals surface area (Å²) in [5.41, 5.74) is 8.99. The molecular formula is C6H5BrN2O. The van der Waals surface area contributed by atoms with E-state index in [1.54, 1.807) is 12.1 Å². The molecule has 1 rings (SSSR count). The van der Waals surface area contributed by atoms with Crippen molar-refractivity contribution in [3.63, 3.8) is 0 Å². The summed E-state index contributed by atoms with van der Waals surface area (Å²) in [5.74, 6) is 0.347. The van der Waals surface area contributed by atoms with E-state index in [4.69, 9.17) is 10.5 Å². The third-order valence-electron chi connectivity index (χ3n) is 1.01. The van der Waals surface area contributed by atoms with Crippen molar-refractivity contribution in [1.82, 2.24) is 10.7 Å². The summed E-state index contributed by atoms with van der Waals surface area (Å²) in [6, 6.07) is 3.32. The molecule has 1 aromatic rings. The number of rotatable bonds is 1. The minimum absolute atomic E-state index is 0.0562. The zero-order valence-corrected chi connectivity index (χ0v) is 6.92. The Kier molecular flexibility index (Phi) is 2.11. The Hall–Kier alpha value is -0.770. The molecule has 0 aromatic carbocycles. The molecule has 1 heterocycles. The Morgan fingerprint density at radius 1 is 1.60 bits per heavy atom. The molecule has 0 aliphatic heterocycles. The van der Waals surface area contributed by atoms with Gasteiger partial charge in [0.25, 0.3) is 0 Å². The lowest BCUT2D eigenvalue weighted by molar-refractivity contribution is 0.398. The topological polar surface area (TPSA) is 44.4 Å². The highest BCUT2D eigenvalue weighted by atomic mass is 79.9. The van der Waals surface area contributed by atoms with Crippen LogP contribution in [0.4, 0.5) is 5.82 Å². The fourth-order valence-corrected chi connectivity index (χ4v) is 0.749. The van der Waals surface area contributed by atoms with Crippen molar-refractivity contribution in [2.45, 2.75) is 0 Å². The first-order valence-electron chi connectivity index (χ1n) is 2.63. The van der Waals surface area contributed by atoms with Crippen molar-refractivity contribution >= 4 is 21.7 Å². The fourth-order valence-electron chi connectivity index (χ4n) is 0.528. The molecule has 0 saturated heterocycles. The first-order valence-corrected chi connectivity index (χ1v) is 3.43. The molecule has 0 bridgehead atoms. The number of ether oxygens (including phenoxy) is 1. The van der Waals surface area contributed by atoms with E-state index in [0.717, 1.165) is 0 Å². The summed E-state index contributed by atoms with van der Waals surface area (Å²) in [6.07, 6.45) is 0. The Labute approximate surface area is 67.3 Å². The van der Waals surface area contributed by atoms with Gasteiger partial charge in [0.05, 0.1) is 11.6 Å². The van der Waals surface area contributed by atoms with Crippen LogP contribution in [0.25, 0.3) is 0 Å². The van der Waals surface area contributed by atoms with Gasteiger partial charge in [-0.2, -0.15) is 4.98 Å². The molecule has 0 unspecified atom stereocenters. The van der Waals surface area contributed by atoms with Crippen molar-refractivity contribution in [2.24, 2.45) is 0 Å². The first-order chi connectivity index (χ1) is 4.74. The molecule has 0 N–H and O–H groups in total. The lowest BCUT2D eigenvalue weighted by Crippen LogP contribution is -1.87. The average Bonchev–Trinajstić information content (AvgIpc) is 1.95. The molecule has 0 aliphatic carbocycles. The van der Waals surface area contributed by atoms with E-state index in [-0.39, 0.29) is 5.82 Å². The highest BCUT2D eigenvalue weighted by Crippen LogP contribution is 2.20. The second kappa shape index (κ2) is 2.88. The Bertz CT molecular complexity index is 239. The van der Waals surface area contributed by atoms with Crippen molar-refractivity contribution in [3.05, 3.63) is 16.6 Å². The van der Waals surface area contributed by atoms with Gasteiger partial charge in [-0.05, 0) is 22.0 Å². The highest BCUT2D eigenvalue weighted by molar-refractivity contribution is 9.10. The van der Waals surface area contributed by atoms with Crippen LogP contribution in [0.1, 0.15) is 0 Å². The van der Waals surface area contributed by atoms with Gasteiger partial charge < -0.3 is 4.74 Å². The van der Waals surface area contributed by atoms with Crippen LogP contribution < -0.4 is 10.5 Å². The second-order valence-corrected chi connectivity index (χ2v) is 2.51. The summed E-state index contributed by atoms with van der Waals surface area (Å²) < 4.78 is 5.32. The van der Waals surface area contributed by atoms with Gasteiger partial charge in [-0.25, -0.2) is 0 Å². The standard InChI is InChI=1S/C6H5BrN2O/c1-10-5-3-2-4(7)6(8)9-5/h2-3H,1H3. The second-order valence-electron chi connectivity index (χ2n) is 1.66. The van der Waals surface area contributed by atoms with E-state index < -0.39 is 0 Å². The minimum atomic E-state index is -0.0562. The van der Waals surface area contributed by atoms with Crippen LogP contribution >= 0.6 is 15.9 Å². The summed E-state index contributed by atoms with van der Waals surface area (Å²) in [5, 5.41) is 0. The van der Waals surface area contributed by atoms with E-state index in [9.17, 15) is 0 Å². The van der Waals surface area contributed by atoms with Crippen LogP contribution in [-0.2, 0) is 0 Å². The van der Waals surface area contributed by atoms with Crippen LogP contribution in [0.3, 0.4) is 0 Å². The minimum Gasteiger partial charge on any atom is -0.481 e. The zero-order valence-electron chi connectivity index (χ0n) is 5.34. The van der Waals surface area contributed by atoms with Gasteiger partial charge >= 0.3 is 0 Å². The van der Waals surface area contributed by atoms with Gasteiger partial charge in [-0.3, -0.25) is 0 Å². The molecule has 1 aromatic heterocycles. The number of aromatic nitrogens is 1. The normalized spacial score (nSPS) is 9.40. The van der Waals surface area contributed by atoms with Gasteiger partial charge in [0.1, 0.15) is 0 Å². The van der Waals surface area contributed by atoms with Gasteiger partial charge in [0.2, 0.25) is 5.88 Å². The van der Waals surface area contributed by atoms with Gasteiger partial charge in [-0.1, -0.05) is 0 Å². The number of hydrogen-bond donors (Lipinski definition) is 0. The maximum absolute atomic E-state index is 8.99. The monoisotopic (exact) mass is 200 g/mol. The van der Waals surface area contributed by atoms with Crippen molar-refractivity contribution in [1.29, 1.82) is 0 Å². The SMILES string of the molecule is COc1ccc(Br)c([N])n1. The lowest BCUT2D eigenvalue weighted by atomic mass is 10.4. The Balaban J connectivity index is 3.04. The van der Waals surface area contributed by atoms with Gasteiger partial charge in [-0.15, -0.1) is 5.73 Å². The molecule has 0 saturated carbocycles. The predicted octanol–water partition coefficient (Wildman–Crippen LogP) is 1.55. The van der Waals surface area contributed by atoms with Crippen molar-refractivity contribution < 1.29 is 4.74 Å². The molecule has 0 amide bonds. The molecule has 10 heavy (non-hydrogen) atoms. The van der Waals surface area contributed by atoms with Crippen LogP contribution in [0.5, 0.6) is 5.88 Å². The van der Waals surface area contributed by atoms with Crippen molar-refractivity contribution in [3.8, 4) is 5.88 Å². The number of nitrogens with zero attached hydrogens (tertiary/aromatic N) is 2. The third-order valence-corrected chi connectivity index (χ3v) is 1.63. The average molecular weight is 201 g/mol. The van der Waals surface area contributed by atoms with E-state index in [0.29, 0.717) is 10.4 Å². The van der Waals surface area contributed by atoms with Crippen LogP contribution in [0.2, 0.25) is 0 Å². The molecule has 3 nitrogen and oxygen atoms in total. The number of methoxy groups -OCH3 is 1. The maximum atomic E-state index is 8.99. The van der Waals surface area contributed by atoms with E-state index in [2.05, 4.69) is 20.9 Å². The van der Waals surface area contributed by atoms with E-state index in [1.807, 2.05) is 0 Å². The summed E-state index contributed by atoms with van der Waals surface area (Å²) in [7, 11) is 1.50. The largest absolute Gasteiger partial charge is 0.481 e. The maximum Gasteiger partial charge on any atom is 0.215 e. The highest BCUT2D eigenvalue weighted by Gasteiger charge is 1.99. The lowest BCUT2D eigenvalue weighted by Gasteiger charge is -1.97. The molecular weight excluding hydrogens is 196 g/mol. The predicted molar refractivity (Wildman–Crippen MR) is 40.3 cm³/mol. The quantitative estimate of drug-likeness (QED) is 0.691.